The average Bonchev–Trinajstić information content (AvgIpc) is 2.88. The molecular weight excluding hydrogens is 519 g/mol. The molecule has 1 unspecified atom stereocenters. The number of hydrogen-bond acceptors (Lipinski definition) is 10. The Hall–Kier alpha value is -3.59. The number of aliphatic imine (C=N–C) groups is 1. The molecule has 2 heterocycles. The Kier molecular flexibility index (Phi) is 7.29. The molecule has 1 atom stereocenters. The summed E-state index contributed by atoms with van der Waals surface area (Å²) < 4.78 is 24.2. The number of hydrogen-bond donors (Lipinski definition) is 1. The van der Waals surface area contributed by atoms with E-state index in [1.165, 1.54) is 30.1 Å². The van der Waals surface area contributed by atoms with Crippen molar-refractivity contribution in [2.75, 3.05) is 5.73 Å². The van der Waals surface area contributed by atoms with Crippen molar-refractivity contribution < 1.29 is 28.6 Å². The number of nitrogen functional groups attached to an aromatic ring is 1. The number of fused-ring (bicyclic) bond motifs is 1. The van der Waals surface area contributed by atoms with E-state index in [0.717, 1.165) is 24.1 Å². The van der Waals surface area contributed by atoms with Crippen molar-refractivity contribution >= 4 is 30.8 Å². The van der Waals surface area contributed by atoms with Gasteiger partial charge in [-0.1, -0.05) is 42.5 Å². The Morgan fingerprint density at radius 3 is 2.54 bits per heavy atom. The van der Waals surface area contributed by atoms with Crippen molar-refractivity contribution in [2.24, 2.45) is 4.99 Å². The summed E-state index contributed by atoms with van der Waals surface area (Å²) in [7, 11) is -4.19. The minimum atomic E-state index is -4.19. The third-order valence-corrected chi connectivity index (χ3v) is 8.51. The molecule has 5 rings (SSSR count). The van der Waals surface area contributed by atoms with Crippen LogP contribution in [-0.2, 0) is 15.3 Å². The smallest absolute Gasteiger partial charge is 0.246 e. The van der Waals surface area contributed by atoms with E-state index >= 15 is 0 Å². The SMILES string of the molecule is CC1(C)Oc2ncnc(N)c2N=C1c1ccc(C2CCC(OP(=O)([O-])Cc3cccc(C(=O)[O-])c3)CC2)cc1. The van der Waals surface area contributed by atoms with Crippen molar-refractivity contribution in [1.29, 1.82) is 0 Å². The van der Waals surface area contributed by atoms with Crippen LogP contribution in [0.3, 0.4) is 0 Å². The number of nitrogens with zero attached hydrogens (tertiary/aromatic N) is 3. The molecule has 2 aliphatic rings. The van der Waals surface area contributed by atoms with Crippen molar-refractivity contribution in [3.63, 3.8) is 0 Å². The van der Waals surface area contributed by atoms with Gasteiger partial charge in [0.25, 0.3) is 0 Å². The lowest BCUT2D eigenvalue weighted by Crippen LogP contribution is -2.41. The van der Waals surface area contributed by atoms with E-state index in [1.807, 2.05) is 26.0 Å². The van der Waals surface area contributed by atoms with Crippen LogP contribution < -0.4 is 20.5 Å². The Morgan fingerprint density at radius 2 is 1.85 bits per heavy atom. The molecule has 11 heteroatoms. The standard InChI is InChI=1S/C28H31N4O6P/c1-28(2)24(32-23-25(29)30-16-31-26(23)37-28)20-8-6-18(7-9-20)19-10-12-22(13-11-19)38-39(35,36)15-17-4-3-5-21(14-17)27(33)34/h3-9,14,16,19,22H,10-13,15H2,1-2H3,(H,33,34)(H,35,36)(H2,29,30,31)/p-2. The number of anilines is 1. The van der Waals surface area contributed by atoms with Crippen molar-refractivity contribution in [2.45, 2.75) is 63.3 Å². The highest BCUT2D eigenvalue weighted by Gasteiger charge is 2.35. The molecule has 3 aromatic rings. The zero-order chi connectivity index (χ0) is 27.8. The van der Waals surface area contributed by atoms with Crippen LogP contribution >= 0.6 is 7.60 Å². The molecule has 1 aromatic heterocycles. The summed E-state index contributed by atoms with van der Waals surface area (Å²) in [6, 6.07) is 13.9. The highest BCUT2D eigenvalue weighted by Crippen LogP contribution is 2.46. The quantitative estimate of drug-likeness (QED) is 0.435. The van der Waals surface area contributed by atoms with Crippen LogP contribution in [0.15, 0.2) is 59.9 Å². The van der Waals surface area contributed by atoms with Crippen LogP contribution in [0, 0.1) is 0 Å². The zero-order valence-electron chi connectivity index (χ0n) is 21.7. The molecule has 1 aliphatic heterocycles. The fourth-order valence-electron chi connectivity index (χ4n) is 5.20. The summed E-state index contributed by atoms with van der Waals surface area (Å²) in [5.74, 6) is -0.442. The summed E-state index contributed by atoms with van der Waals surface area (Å²) in [5, 5.41) is 11.1. The van der Waals surface area contributed by atoms with E-state index in [2.05, 4.69) is 22.1 Å². The molecule has 0 spiro atoms. The number of nitrogens with two attached hydrogens (primary N) is 1. The van der Waals surface area contributed by atoms with Gasteiger partial charge in [-0.3, -0.25) is 0 Å². The summed E-state index contributed by atoms with van der Waals surface area (Å²) in [6.07, 6.45) is 3.41. The molecule has 39 heavy (non-hydrogen) atoms. The van der Waals surface area contributed by atoms with E-state index in [-0.39, 0.29) is 23.5 Å². The van der Waals surface area contributed by atoms with Crippen LogP contribution in [0.4, 0.5) is 11.5 Å². The van der Waals surface area contributed by atoms with E-state index in [0.29, 0.717) is 30.0 Å². The molecule has 0 amide bonds. The van der Waals surface area contributed by atoms with Gasteiger partial charge in [-0.05, 0) is 68.2 Å². The minimum absolute atomic E-state index is 0.0614. The predicted molar refractivity (Wildman–Crippen MR) is 142 cm³/mol. The zero-order valence-corrected chi connectivity index (χ0v) is 22.6. The van der Waals surface area contributed by atoms with Crippen LogP contribution in [0.2, 0.25) is 0 Å². The lowest BCUT2D eigenvalue weighted by molar-refractivity contribution is -0.255. The number of carboxylic acids is 1. The lowest BCUT2D eigenvalue weighted by atomic mass is 9.82. The number of benzene rings is 2. The lowest BCUT2D eigenvalue weighted by Gasteiger charge is -2.34. The number of carbonyl (C=O) groups excluding carboxylic acids is 1. The summed E-state index contributed by atoms with van der Waals surface area (Å²) in [5.41, 5.74) is 8.81. The van der Waals surface area contributed by atoms with Gasteiger partial charge in [0, 0.05) is 11.7 Å². The number of carboxylic acid groups (broad SMARTS) is 1. The average molecular weight is 549 g/mol. The monoisotopic (exact) mass is 548 g/mol. The Bertz CT molecular complexity index is 1470. The van der Waals surface area contributed by atoms with E-state index in [4.69, 9.17) is 20.0 Å². The first kappa shape index (κ1) is 27.0. The fraction of sp³-hybridized carbons (Fsp3) is 0.357. The van der Waals surface area contributed by atoms with Gasteiger partial charge in [-0.2, -0.15) is 4.98 Å². The maximum absolute atomic E-state index is 12.6. The third kappa shape index (κ3) is 6.03. The van der Waals surface area contributed by atoms with Crippen LogP contribution in [-0.4, -0.2) is 33.4 Å². The molecule has 0 saturated heterocycles. The second-order valence-corrected chi connectivity index (χ2v) is 12.2. The molecule has 2 N–H and O–H groups in total. The Labute approximate surface area is 226 Å². The van der Waals surface area contributed by atoms with Gasteiger partial charge in [0.15, 0.2) is 11.5 Å². The van der Waals surface area contributed by atoms with Gasteiger partial charge < -0.3 is 34.4 Å². The molecule has 1 aliphatic carbocycles. The first-order valence-electron chi connectivity index (χ1n) is 12.8. The number of carbonyl (C=O) groups is 1. The van der Waals surface area contributed by atoms with Crippen LogP contribution in [0.5, 0.6) is 5.88 Å². The number of ether oxygens (including phenoxy) is 1. The molecule has 0 bridgehead atoms. The molecular formula is C28H29N4O6P-2. The van der Waals surface area contributed by atoms with E-state index < -0.39 is 25.3 Å². The first-order valence-corrected chi connectivity index (χ1v) is 14.5. The van der Waals surface area contributed by atoms with E-state index in [9.17, 15) is 19.4 Å². The van der Waals surface area contributed by atoms with E-state index in [1.54, 1.807) is 6.07 Å². The topological polar surface area (TPSA) is 163 Å². The van der Waals surface area contributed by atoms with Gasteiger partial charge in [-0.25, -0.2) is 9.98 Å². The van der Waals surface area contributed by atoms with Crippen molar-refractivity contribution in [3.8, 4) is 5.88 Å². The normalized spacial score (nSPS) is 21.7. The van der Waals surface area contributed by atoms with Crippen LogP contribution in [0.25, 0.3) is 0 Å². The van der Waals surface area contributed by atoms with Gasteiger partial charge in [-0.15, -0.1) is 0 Å². The highest BCUT2D eigenvalue weighted by atomic mass is 31.2. The molecule has 1 fully saturated rings. The van der Waals surface area contributed by atoms with Gasteiger partial charge in [0.1, 0.15) is 19.5 Å². The molecule has 0 radical (unpaired) electrons. The second kappa shape index (κ2) is 10.5. The largest absolute Gasteiger partial charge is 0.778 e. The molecule has 10 nitrogen and oxygen atoms in total. The number of rotatable bonds is 7. The van der Waals surface area contributed by atoms with Gasteiger partial charge in [0.2, 0.25) is 5.88 Å². The second-order valence-electron chi connectivity index (χ2n) is 10.4. The fourth-order valence-corrected chi connectivity index (χ4v) is 6.59. The van der Waals surface area contributed by atoms with Crippen LogP contribution in [0.1, 0.15) is 72.5 Å². The predicted octanol–water partition coefficient (Wildman–Crippen LogP) is 3.51. The number of aromatic carboxylic acids is 1. The number of aromatic nitrogens is 2. The summed E-state index contributed by atoms with van der Waals surface area (Å²) in [4.78, 5) is 36.6. The molecule has 204 valence electrons. The van der Waals surface area contributed by atoms with Crippen molar-refractivity contribution in [3.05, 3.63) is 77.1 Å². The Morgan fingerprint density at radius 1 is 1.13 bits per heavy atom. The maximum atomic E-state index is 12.6. The summed E-state index contributed by atoms with van der Waals surface area (Å²) in [6.45, 7) is 3.86. The first-order chi connectivity index (χ1) is 18.5. The highest BCUT2D eigenvalue weighted by molar-refractivity contribution is 7.50. The Balaban J connectivity index is 1.21. The van der Waals surface area contributed by atoms with Gasteiger partial charge >= 0.3 is 0 Å². The third-order valence-electron chi connectivity index (χ3n) is 7.14. The van der Waals surface area contributed by atoms with Crippen molar-refractivity contribution in [1.82, 2.24) is 9.97 Å². The minimum Gasteiger partial charge on any atom is -0.778 e. The molecule has 2 aromatic carbocycles. The molecule has 1 saturated carbocycles. The maximum Gasteiger partial charge on any atom is 0.246 e. The van der Waals surface area contributed by atoms with Gasteiger partial charge in [0.05, 0.1) is 17.8 Å². The summed E-state index contributed by atoms with van der Waals surface area (Å²) >= 11 is 0.